The van der Waals surface area contributed by atoms with E-state index < -0.39 is 10.0 Å². The molecule has 9 heteroatoms. The number of para-hydroxylation sites is 1. The zero-order valence-corrected chi connectivity index (χ0v) is 21.4. The van der Waals surface area contributed by atoms with Gasteiger partial charge in [0.25, 0.3) is 10.0 Å². The van der Waals surface area contributed by atoms with Gasteiger partial charge in [-0.25, -0.2) is 13.4 Å². The normalized spacial score (nSPS) is 12.1. The van der Waals surface area contributed by atoms with Gasteiger partial charge in [0.1, 0.15) is 10.6 Å². The summed E-state index contributed by atoms with van der Waals surface area (Å²) in [5, 5.41) is 4.60. The van der Waals surface area contributed by atoms with Gasteiger partial charge in [-0.3, -0.25) is 4.72 Å². The van der Waals surface area contributed by atoms with Crippen LogP contribution in [0.2, 0.25) is 5.02 Å². The monoisotopic (exact) mass is 493 g/mol. The summed E-state index contributed by atoms with van der Waals surface area (Å²) in [6.45, 7) is 10.5. The molecule has 0 amide bonds. The number of methoxy groups -OCH3 is 1. The second kappa shape index (κ2) is 9.29. The average molecular weight is 494 g/mol. The van der Waals surface area contributed by atoms with E-state index in [-0.39, 0.29) is 16.2 Å². The van der Waals surface area contributed by atoms with Crippen LogP contribution in [0.5, 0.6) is 5.75 Å². The number of aromatic nitrogens is 1. The van der Waals surface area contributed by atoms with E-state index >= 15 is 0 Å². The van der Waals surface area contributed by atoms with E-state index in [0.717, 1.165) is 21.3 Å². The molecule has 0 aliphatic heterocycles. The van der Waals surface area contributed by atoms with Gasteiger partial charge in [-0.2, -0.15) is 0 Å². The number of hydrogen-bond donors (Lipinski definition) is 2. The molecule has 0 bridgehead atoms. The number of nitrogens with zero attached hydrogens (tertiary/aromatic N) is 1. The minimum Gasteiger partial charge on any atom is -0.495 e. The van der Waals surface area contributed by atoms with E-state index in [4.69, 9.17) is 16.3 Å². The van der Waals surface area contributed by atoms with E-state index in [0.29, 0.717) is 16.6 Å². The molecule has 0 aliphatic rings. The summed E-state index contributed by atoms with van der Waals surface area (Å²) in [5.74, 6) is 0.651. The predicted molar refractivity (Wildman–Crippen MR) is 134 cm³/mol. The number of rotatable bonds is 8. The zero-order valence-electron chi connectivity index (χ0n) is 19.0. The van der Waals surface area contributed by atoms with Crippen LogP contribution in [0.15, 0.2) is 47.4 Å². The first kappa shape index (κ1) is 24.4. The Kier molecular flexibility index (Phi) is 7.07. The Balaban J connectivity index is 2.01. The van der Waals surface area contributed by atoms with Gasteiger partial charge in [0.05, 0.1) is 28.4 Å². The second-order valence-corrected chi connectivity index (χ2v) is 11.4. The highest BCUT2D eigenvalue weighted by Gasteiger charge is 2.25. The van der Waals surface area contributed by atoms with Crippen molar-refractivity contribution in [3.63, 3.8) is 0 Å². The van der Waals surface area contributed by atoms with Crippen LogP contribution < -0.4 is 14.8 Å². The van der Waals surface area contributed by atoms with Crippen molar-refractivity contribution in [2.24, 2.45) is 5.92 Å². The number of hydrogen-bond acceptors (Lipinski definition) is 6. The maximum absolute atomic E-state index is 13.2. The Hall–Kier alpha value is -2.29. The number of nitrogens with one attached hydrogen (secondary N) is 2. The molecule has 0 radical (unpaired) electrons. The molecule has 0 saturated heterocycles. The van der Waals surface area contributed by atoms with Gasteiger partial charge in [0.15, 0.2) is 5.13 Å². The fraction of sp³-hybridized carbons (Fsp3) is 0.348. The molecule has 0 atom stereocenters. The van der Waals surface area contributed by atoms with E-state index in [1.165, 1.54) is 18.4 Å². The van der Waals surface area contributed by atoms with Gasteiger partial charge in [-0.05, 0) is 62.6 Å². The first-order valence-corrected chi connectivity index (χ1v) is 12.8. The minimum absolute atomic E-state index is 0.0299. The Morgan fingerprint density at radius 2 is 1.84 bits per heavy atom. The number of aryl methyl sites for hydroxylation is 1. The van der Waals surface area contributed by atoms with Gasteiger partial charge < -0.3 is 10.1 Å². The molecule has 0 spiro atoms. The SMILES string of the molecule is COc1ccc(-c2sc(NC(C)(C)C(C)C)nc2C)cc1S(=O)(=O)Nc1ccccc1Cl. The van der Waals surface area contributed by atoms with E-state index in [1.807, 2.05) is 13.0 Å². The number of halogens is 1. The van der Waals surface area contributed by atoms with Crippen molar-refractivity contribution < 1.29 is 13.2 Å². The lowest BCUT2D eigenvalue weighted by Gasteiger charge is -2.30. The van der Waals surface area contributed by atoms with Crippen LogP contribution in [0, 0.1) is 12.8 Å². The molecule has 172 valence electrons. The van der Waals surface area contributed by atoms with Crippen LogP contribution in [-0.4, -0.2) is 26.1 Å². The van der Waals surface area contributed by atoms with E-state index in [9.17, 15) is 8.42 Å². The quantitative estimate of drug-likeness (QED) is 0.378. The molecule has 3 rings (SSSR count). The summed E-state index contributed by atoms with van der Waals surface area (Å²) in [4.78, 5) is 5.58. The fourth-order valence-corrected chi connectivity index (χ4v) is 5.55. The Morgan fingerprint density at radius 3 is 2.47 bits per heavy atom. The van der Waals surface area contributed by atoms with Crippen molar-refractivity contribution in [1.29, 1.82) is 0 Å². The molecular weight excluding hydrogens is 466 g/mol. The summed E-state index contributed by atoms with van der Waals surface area (Å²) >= 11 is 7.64. The number of thiazole rings is 1. The topological polar surface area (TPSA) is 80.3 Å². The smallest absolute Gasteiger partial charge is 0.265 e. The van der Waals surface area contributed by atoms with Crippen molar-refractivity contribution in [2.75, 3.05) is 17.1 Å². The first-order chi connectivity index (χ1) is 14.9. The third-order valence-electron chi connectivity index (χ3n) is 5.50. The maximum atomic E-state index is 13.2. The molecule has 0 unspecified atom stereocenters. The van der Waals surface area contributed by atoms with Crippen LogP contribution in [0.3, 0.4) is 0 Å². The number of benzene rings is 2. The van der Waals surface area contributed by atoms with Crippen LogP contribution in [0.25, 0.3) is 10.4 Å². The lowest BCUT2D eigenvalue weighted by Crippen LogP contribution is -2.36. The number of anilines is 2. The van der Waals surface area contributed by atoms with Crippen molar-refractivity contribution in [3.8, 4) is 16.2 Å². The molecule has 2 aromatic carbocycles. The highest BCUT2D eigenvalue weighted by atomic mass is 35.5. The maximum Gasteiger partial charge on any atom is 0.265 e. The number of ether oxygens (including phenoxy) is 1. The van der Waals surface area contributed by atoms with Crippen molar-refractivity contribution in [2.45, 2.75) is 45.1 Å². The van der Waals surface area contributed by atoms with Crippen LogP contribution >= 0.6 is 22.9 Å². The predicted octanol–water partition coefficient (Wildman–Crippen LogP) is 6.43. The summed E-state index contributed by atoms with van der Waals surface area (Å²) in [7, 11) is -2.50. The summed E-state index contributed by atoms with van der Waals surface area (Å²) < 4.78 is 34.3. The number of sulfonamides is 1. The van der Waals surface area contributed by atoms with Crippen LogP contribution in [-0.2, 0) is 10.0 Å². The minimum atomic E-state index is -3.95. The van der Waals surface area contributed by atoms with Crippen molar-refractivity contribution in [1.82, 2.24) is 4.98 Å². The largest absolute Gasteiger partial charge is 0.495 e. The Labute approximate surface area is 199 Å². The third-order valence-corrected chi connectivity index (χ3v) is 8.34. The molecule has 32 heavy (non-hydrogen) atoms. The van der Waals surface area contributed by atoms with E-state index in [1.54, 1.807) is 36.4 Å². The van der Waals surface area contributed by atoms with Gasteiger partial charge in [0, 0.05) is 5.54 Å². The molecular formula is C23H28ClN3O3S2. The lowest BCUT2D eigenvalue weighted by atomic mass is 9.91. The molecule has 0 saturated carbocycles. The standard InChI is InChI=1S/C23H28ClN3O3S2/c1-14(2)23(4,5)26-22-25-15(3)21(31-22)16-11-12-19(30-6)20(13-16)32(28,29)27-18-10-8-7-9-17(18)24/h7-14,27H,1-6H3,(H,25,26). The Morgan fingerprint density at radius 1 is 1.16 bits per heavy atom. The molecule has 1 aromatic heterocycles. The van der Waals surface area contributed by atoms with Crippen LogP contribution in [0.1, 0.15) is 33.4 Å². The highest BCUT2D eigenvalue weighted by molar-refractivity contribution is 7.92. The first-order valence-electron chi connectivity index (χ1n) is 10.2. The van der Waals surface area contributed by atoms with Gasteiger partial charge >= 0.3 is 0 Å². The van der Waals surface area contributed by atoms with Crippen molar-refractivity contribution >= 4 is 43.8 Å². The third kappa shape index (κ3) is 5.19. The molecule has 3 aromatic rings. The van der Waals surface area contributed by atoms with Crippen molar-refractivity contribution in [3.05, 3.63) is 53.2 Å². The molecule has 0 fully saturated rings. The Bertz CT molecular complexity index is 1220. The molecule has 2 N–H and O–H groups in total. The summed E-state index contributed by atoms with van der Waals surface area (Å²) in [6.07, 6.45) is 0. The highest BCUT2D eigenvalue weighted by Crippen LogP contribution is 2.38. The van der Waals surface area contributed by atoms with Gasteiger partial charge in [-0.15, -0.1) is 0 Å². The lowest BCUT2D eigenvalue weighted by molar-refractivity contribution is 0.403. The van der Waals surface area contributed by atoms with Gasteiger partial charge in [-0.1, -0.05) is 48.9 Å². The zero-order chi connectivity index (χ0) is 23.7. The molecule has 6 nitrogen and oxygen atoms in total. The van der Waals surface area contributed by atoms with Gasteiger partial charge in [0.2, 0.25) is 0 Å². The molecule has 1 heterocycles. The molecule has 0 aliphatic carbocycles. The summed E-state index contributed by atoms with van der Waals surface area (Å²) in [6, 6.07) is 11.8. The average Bonchev–Trinajstić information content (AvgIpc) is 3.08. The second-order valence-electron chi connectivity index (χ2n) is 8.39. The fourth-order valence-electron chi connectivity index (χ4n) is 2.91. The summed E-state index contributed by atoms with van der Waals surface area (Å²) in [5.41, 5.74) is 1.74. The van der Waals surface area contributed by atoms with Crippen LogP contribution in [0.4, 0.5) is 10.8 Å². The van der Waals surface area contributed by atoms with E-state index in [2.05, 4.69) is 42.7 Å².